The van der Waals surface area contributed by atoms with Crippen molar-refractivity contribution >= 4 is 17.8 Å². The van der Waals surface area contributed by atoms with Crippen LogP contribution in [0.25, 0.3) is 0 Å². The molecule has 0 spiro atoms. The third-order valence-corrected chi connectivity index (χ3v) is 2.30. The quantitative estimate of drug-likeness (QED) is 0.748. The van der Waals surface area contributed by atoms with Gasteiger partial charge in [0.05, 0.1) is 17.5 Å². The third-order valence-electron chi connectivity index (χ3n) is 2.30. The van der Waals surface area contributed by atoms with Crippen molar-refractivity contribution in [3.8, 4) is 0 Å². The van der Waals surface area contributed by atoms with Gasteiger partial charge in [0.25, 0.3) is 11.8 Å². The molecule has 1 aromatic carbocycles. The molecule has 2 N–H and O–H groups in total. The summed E-state index contributed by atoms with van der Waals surface area (Å²) in [6.45, 7) is 0.0992. The average molecular weight is 234 g/mol. The van der Waals surface area contributed by atoms with Crippen LogP contribution in [0.15, 0.2) is 24.3 Å². The fourth-order valence-corrected chi connectivity index (χ4v) is 1.52. The second-order valence-corrected chi connectivity index (χ2v) is 3.45. The fraction of sp³-hybridized carbons (Fsp3) is 0.182. The smallest absolute Gasteiger partial charge is 0.330 e. The van der Waals surface area contributed by atoms with Crippen LogP contribution in [0.4, 0.5) is 0 Å². The van der Waals surface area contributed by atoms with Gasteiger partial charge in [0.15, 0.2) is 0 Å². The lowest BCUT2D eigenvalue weighted by Crippen LogP contribution is -2.33. The van der Waals surface area contributed by atoms with Crippen molar-refractivity contribution in [3.05, 3.63) is 35.4 Å². The Kier molecular flexibility index (Phi) is 2.88. The van der Waals surface area contributed by atoms with Crippen molar-refractivity contribution in [2.24, 2.45) is 5.73 Å². The molecule has 0 aliphatic carbocycles. The molecule has 0 saturated carbocycles. The minimum Gasteiger partial charge on any atom is -0.330 e. The second-order valence-electron chi connectivity index (χ2n) is 3.45. The van der Waals surface area contributed by atoms with E-state index in [-0.39, 0.29) is 24.1 Å². The van der Waals surface area contributed by atoms with Crippen LogP contribution in [0.2, 0.25) is 0 Å². The number of carbonyl (C=O) groups excluding carboxylic acids is 3. The maximum atomic E-state index is 11.7. The number of imide groups is 1. The lowest BCUT2D eigenvalue weighted by atomic mass is 10.1. The number of carbonyl (C=O) groups is 3. The van der Waals surface area contributed by atoms with Crippen molar-refractivity contribution in [3.63, 3.8) is 0 Å². The topological polar surface area (TPSA) is 89.7 Å². The fourth-order valence-electron chi connectivity index (χ4n) is 1.52. The minimum atomic E-state index is -0.706. The highest BCUT2D eigenvalue weighted by molar-refractivity contribution is 6.20. The van der Waals surface area contributed by atoms with Crippen LogP contribution in [0.5, 0.6) is 0 Å². The molecule has 1 heterocycles. The zero-order valence-electron chi connectivity index (χ0n) is 8.88. The van der Waals surface area contributed by atoms with Crippen LogP contribution in [-0.4, -0.2) is 29.4 Å². The van der Waals surface area contributed by atoms with Crippen LogP contribution in [0, 0.1) is 0 Å². The first-order chi connectivity index (χ1) is 8.15. The summed E-state index contributed by atoms with van der Waals surface area (Å²) in [7, 11) is 0. The summed E-state index contributed by atoms with van der Waals surface area (Å²) in [6, 6.07) is 6.28. The van der Waals surface area contributed by atoms with E-state index in [9.17, 15) is 14.4 Å². The van der Waals surface area contributed by atoms with E-state index >= 15 is 0 Å². The minimum absolute atomic E-state index is 0.0482. The largest absolute Gasteiger partial charge is 0.334 e. The first-order valence-corrected chi connectivity index (χ1v) is 5.04. The highest BCUT2D eigenvalue weighted by Gasteiger charge is 2.38. The van der Waals surface area contributed by atoms with Crippen molar-refractivity contribution < 1.29 is 19.2 Å². The van der Waals surface area contributed by atoms with Crippen LogP contribution in [0.3, 0.4) is 0 Å². The van der Waals surface area contributed by atoms with Crippen molar-refractivity contribution in [1.82, 2.24) is 5.06 Å². The highest BCUT2D eigenvalue weighted by Crippen LogP contribution is 2.22. The average Bonchev–Trinajstić information content (AvgIpc) is 2.56. The van der Waals surface area contributed by atoms with Crippen molar-refractivity contribution in [1.29, 1.82) is 0 Å². The molecule has 1 aromatic rings. The van der Waals surface area contributed by atoms with Crippen molar-refractivity contribution in [2.75, 3.05) is 6.54 Å². The molecule has 88 valence electrons. The van der Waals surface area contributed by atoms with Gasteiger partial charge in [-0.1, -0.05) is 17.2 Å². The van der Waals surface area contributed by atoms with E-state index < -0.39 is 17.8 Å². The molecule has 1 aliphatic rings. The van der Waals surface area contributed by atoms with Gasteiger partial charge in [-0.15, -0.1) is 0 Å². The molecule has 2 rings (SSSR count). The van der Waals surface area contributed by atoms with E-state index in [1.165, 1.54) is 12.1 Å². The van der Waals surface area contributed by atoms with E-state index in [0.717, 1.165) is 0 Å². The standard InChI is InChI=1S/C11H10N2O4/c12-6-5-9(14)17-13-10(15)7-3-1-2-4-8(7)11(13)16/h1-4H,5-6,12H2. The Morgan fingerprint density at radius 2 is 1.71 bits per heavy atom. The number of hydroxylamine groups is 2. The van der Waals surface area contributed by atoms with Gasteiger partial charge in [-0.25, -0.2) is 4.79 Å². The SMILES string of the molecule is NCCC(=O)ON1C(=O)c2ccccc2C1=O. The first kappa shape index (κ1) is 11.3. The Balaban J connectivity index is 2.22. The summed E-state index contributed by atoms with van der Waals surface area (Å²) in [6.07, 6.45) is -0.0482. The summed E-state index contributed by atoms with van der Waals surface area (Å²) in [5.41, 5.74) is 5.64. The Morgan fingerprint density at radius 3 is 2.18 bits per heavy atom. The molecular weight excluding hydrogens is 224 g/mol. The first-order valence-electron chi connectivity index (χ1n) is 5.04. The molecule has 0 unspecified atom stereocenters. The zero-order valence-corrected chi connectivity index (χ0v) is 8.88. The van der Waals surface area contributed by atoms with Gasteiger partial charge in [-0.2, -0.15) is 0 Å². The van der Waals surface area contributed by atoms with Crippen LogP contribution >= 0.6 is 0 Å². The number of hydrogen-bond donors (Lipinski definition) is 1. The maximum absolute atomic E-state index is 11.7. The molecule has 0 atom stereocenters. The van der Waals surface area contributed by atoms with Gasteiger partial charge in [0, 0.05) is 6.54 Å². The lowest BCUT2D eigenvalue weighted by Gasteiger charge is -2.11. The Hall–Kier alpha value is -2.21. The van der Waals surface area contributed by atoms with Crippen LogP contribution in [0.1, 0.15) is 27.1 Å². The van der Waals surface area contributed by atoms with Crippen molar-refractivity contribution in [2.45, 2.75) is 6.42 Å². The second kappa shape index (κ2) is 4.34. The molecule has 0 saturated heterocycles. The molecule has 17 heavy (non-hydrogen) atoms. The molecule has 6 heteroatoms. The number of nitrogens with two attached hydrogens (primary N) is 1. The number of hydrogen-bond acceptors (Lipinski definition) is 5. The maximum Gasteiger partial charge on any atom is 0.334 e. The summed E-state index contributed by atoms with van der Waals surface area (Å²) < 4.78 is 0. The third kappa shape index (κ3) is 1.90. The number of amides is 2. The Morgan fingerprint density at radius 1 is 1.18 bits per heavy atom. The monoisotopic (exact) mass is 234 g/mol. The van der Waals surface area contributed by atoms with E-state index in [0.29, 0.717) is 5.06 Å². The lowest BCUT2D eigenvalue weighted by molar-refractivity contribution is -0.168. The molecular formula is C11H10N2O4. The molecule has 6 nitrogen and oxygen atoms in total. The van der Waals surface area contributed by atoms with Gasteiger partial charge < -0.3 is 10.6 Å². The Labute approximate surface area is 96.9 Å². The predicted octanol–water partition coefficient (Wildman–Crippen LogP) is 0.0896. The molecule has 0 fully saturated rings. The van der Waals surface area contributed by atoms with E-state index in [1.54, 1.807) is 12.1 Å². The molecule has 0 aromatic heterocycles. The number of benzene rings is 1. The molecule has 1 aliphatic heterocycles. The summed E-state index contributed by atoms with van der Waals surface area (Å²) in [4.78, 5) is 39.4. The van der Waals surface area contributed by atoms with Gasteiger partial charge in [-0.05, 0) is 12.1 Å². The molecule has 0 radical (unpaired) electrons. The van der Waals surface area contributed by atoms with E-state index in [2.05, 4.69) is 4.84 Å². The van der Waals surface area contributed by atoms with Gasteiger partial charge >= 0.3 is 5.97 Å². The zero-order chi connectivity index (χ0) is 12.4. The van der Waals surface area contributed by atoms with Gasteiger partial charge in [0.2, 0.25) is 0 Å². The number of fused-ring (bicyclic) bond motifs is 1. The van der Waals surface area contributed by atoms with E-state index in [1.807, 2.05) is 0 Å². The number of nitrogens with zero attached hydrogens (tertiary/aromatic N) is 1. The summed E-state index contributed by atoms with van der Waals surface area (Å²) in [5, 5.41) is 0.475. The highest BCUT2D eigenvalue weighted by atomic mass is 16.7. The van der Waals surface area contributed by atoms with Crippen LogP contribution < -0.4 is 5.73 Å². The summed E-state index contributed by atoms with van der Waals surface area (Å²) in [5.74, 6) is -1.96. The van der Waals surface area contributed by atoms with Gasteiger partial charge in [0.1, 0.15) is 0 Å². The molecule has 0 bridgehead atoms. The van der Waals surface area contributed by atoms with E-state index in [4.69, 9.17) is 5.73 Å². The van der Waals surface area contributed by atoms with Gasteiger partial charge in [-0.3, -0.25) is 9.59 Å². The number of rotatable bonds is 3. The predicted molar refractivity (Wildman–Crippen MR) is 56.7 cm³/mol. The van der Waals surface area contributed by atoms with Crippen LogP contribution in [-0.2, 0) is 9.63 Å². The normalized spacial score (nSPS) is 13.8. The Bertz CT molecular complexity index is 463. The molecule has 2 amide bonds. The summed E-state index contributed by atoms with van der Waals surface area (Å²) >= 11 is 0.